The maximum Gasteiger partial charge on any atom is 0.416 e. The summed E-state index contributed by atoms with van der Waals surface area (Å²) in [5, 5.41) is 3.14. The number of hydrogen-bond acceptors (Lipinski definition) is 2. The van der Waals surface area contributed by atoms with E-state index in [2.05, 4.69) is 5.32 Å². The number of halogens is 3. The van der Waals surface area contributed by atoms with Crippen LogP contribution >= 0.6 is 11.8 Å². The molecule has 1 nitrogen and oxygen atoms in total. The van der Waals surface area contributed by atoms with Gasteiger partial charge < -0.3 is 5.32 Å². The zero-order chi connectivity index (χ0) is 11.6. The van der Waals surface area contributed by atoms with Crippen molar-refractivity contribution in [3.05, 3.63) is 29.8 Å². The lowest BCUT2D eigenvalue weighted by Gasteiger charge is -2.26. The summed E-state index contributed by atoms with van der Waals surface area (Å²) >= 11 is 1.49. The van der Waals surface area contributed by atoms with E-state index in [1.54, 1.807) is 6.07 Å². The molecule has 2 rings (SSSR count). The monoisotopic (exact) mass is 247 g/mol. The first-order valence-corrected chi connectivity index (χ1v) is 6.05. The van der Waals surface area contributed by atoms with Crippen molar-refractivity contribution in [1.29, 1.82) is 0 Å². The quantitative estimate of drug-likeness (QED) is 0.824. The van der Waals surface area contributed by atoms with Crippen molar-refractivity contribution in [2.75, 3.05) is 18.8 Å². The van der Waals surface area contributed by atoms with E-state index in [1.165, 1.54) is 23.9 Å². The summed E-state index contributed by atoms with van der Waals surface area (Å²) < 4.78 is 37.3. The second kappa shape index (κ2) is 4.67. The van der Waals surface area contributed by atoms with Crippen molar-refractivity contribution in [3.8, 4) is 0 Å². The van der Waals surface area contributed by atoms with E-state index in [1.807, 2.05) is 0 Å². The Morgan fingerprint density at radius 2 is 2.06 bits per heavy atom. The third-order valence-electron chi connectivity index (χ3n) is 2.51. The Labute approximate surface area is 96.4 Å². The van der Waals surface area contributed by atoms with Crippen LogP contribution in [0.3, 0.4) is 0 Å². The minimum Gasteiger partial charge on any atom is -0.316 e. The lowest BCUT2D eigenvalue weighted by molar-refractivity contribution is -0.137. The molecular weight excluding hydrogens is 235 g/mol. The summed E-state index contributed by atoms with van der Waals surface area (Å²) in [6.45, 7) is 1.96. The van der Waals surface area contributed by atoms with Crippen molar-refractivity contribution in [1.82, 2.24) is 5.32 Å². The molecule has 1 heterocycles. The first-order valence-electron chi connectivity index (χ1n) is 5.06. The highest BCUT2D eigenvalue weighted by Gasteiger charge is 2.30. The molecule has 1 N–H and O–H groups in total. The van der Waals surface area contributed by atoms with Crippen molar-refractivity contribution in [2.24, 2.45) is 5.92 Å². The average molecular weight is 247 g/mol. The molecule has 1 aliphatic heterocycles. The molecular formula is C11H12F3NS. The molecule has 0 aromatic heterocycles. The van der Waals surface area contributed by atoms with Crippen LogP contribution in [0, 0.1) is 5.92 Å². The van der Waals surface area contributed by atoms with Gasteiger partial charge in [0, 0.05) is 10.6 Å². The van der Waals surface area contributed by atoms with E-state index in [0.717, 1.165) is 24.9 Å². The zero-order valence-electron chi connectivity index (χ0n) is 8.55. The molecule has 0 spiro atoms. The van der Waals surface area contributed by atoms with Gasteiger partial charge in [0.25, 0.3) is 0 Å². The van der Waals surface area contributed by atoms with Crippen LogP contribution in [0.1, 0.15) is 5.56 Å². The van der Waals surface area contributed by atoms with Gasteiger partial charge in [-0.1, -0.05) is 6.07 Å². The Balaban J connectivity index is 1.98. The molecule has 0 bridgehead atoms. The topological polar surface area (TPSA) is 12.0 Å². The molecule has 1 saturated heterocycles. The highest BCUT2D eigenvalue weighted by molar-refractivity contribution is 7.99. The first-order chi connectivity index (χ1) is 7.55. The number of benzene rings is 1. The molecule has 1 aromatic carbocycles. The van der Waals surface area contributed by atoms with Gasteiger partial charge in [-0.05, 0) is 37.2 Å². The smallest absolute Gasteiger partial charge is 0.316 e. The van der Waals surface area contributed by atoms with Crippen LogP contribution in [0.2, 0.25) is 0 Å². The number of thioether (sulfide) groups is 1. The fraction of sp³-hybridized carbons (Fsp3) is 0.455. The van der Waals surface area contributed by atoms with E-state index >= 15 is 0 Å². The lowest BCUT2D eigenvalue weighted by atomic mass is 10.1. The van der Waals surface area contributed by atoms with Gasteiger partial charge in [0.15, 0.2) is 0 Å². The summed E-state index contributed by atoms with van der Waals surface area (Å²) in [7, 11) is 0. The van der Waals surface area contributed by atoms with Gasteiger partial charge in [-0.3, -0.25) is 0 Å². The molecule has 16 heavy (non-hydrogen) atoms. The van der Waals surface area contributed by atoms with Crippen LogP contribution < -0.4 is 5.32 Å². The summed E-state index contributed by atoms with van der Waals surface area (Å²) in [5.74, 6) is 1.48. The molecule has 5 heteroatoms. The zero-order valence-corrected chi connectivity index (χ0v) is 9.37. The molecule has 0 aliphatic carbocycles. The molecule has 1 aliphatic rings. The van der Waals surface area contributed by atoms with E-state index < -0.39 is 11.7 Å². The summed E-state index contributed by atoms with van der Waals surface area (Å²) in [6.07, 6.45) is -4.24. The summed E-state index contributed by atoms with van der Waals surface area (Å²) in [5.41, 5.74) is -0.566. The van der Waals surface area contributed by atoms with E-state index in [9.17, 15) is 13.2 Å². The van der Waals surface area contributed by atoms with Gasteiger partial charge in [-0.25, -0.2) is 0 Å². The summed E-state index contributed by atoms with van der Waals surface area (Å²) in [4.78, 5) is 0.696. The Morgan fingerprint density at radius 1 is 1.31 bits per heavy atom. The van der Waals surface area contributed by atoms with Crippen molar-refractivity contribution in [2.45, 2.75) is 11.1 Å². The Morgan fingerprint density at radius 3 is 2.62 bits per heavy atom. The Kier molecular flexibility index (Phi) is 3.44. The molecule has 88 valence electrons. The fourth-order valence-electron chi connectivity index (χ4n) is 1.44. The van der Waals surface area contributed by atoms with Gasteiger partial charge in [-0.2, -0.15) is 13.2 Å². The molecule has 0 saturated carbocycles. The van der Waals surface area contributed by atoms with Crippen LogP contribution in [0.25, 0.3) is 0 Å². The number of alkyl halides is 3. The Hall–Kier alpha value is -0.680. The number of hydrogen-bond donors (Lipinski definition) is 1. The lowest BCUT2D eigenvalue weighted by Crippen LogP contribution is -2.43. The first kappa shape index (κ1) is 11.8. The largest absolute Gasteiger partial charge is 0.416 e. The molecule has 0 unspecified atom stereocenters. The molecule has 0 radical (unpaired) electrons. The van der Waals surface area contributed by atoms with Gasteiger partial charge >= 0.3 is 6.18 Å². The van der Waals surface area contributed by atoms with E-state index in [0.29, 0.717) is 10.8 Å². The van der Waals surface area contributed by atoms with Gasteiger partial charge in [0.05, 0.1) is 5.56 Å². The minimum atomic E-state index is -4.24. The van der Waals surface area contributed by atoms with Crippen LogP contribution in [0.5, 0.6) is 0 Å². The van der Waals surface area contributed by atoms with Crippen LogP contribution in [0.4, 0.5) is 13.2 Å². The highest BCUT2D eigenvalue weighted by atomic mass is 32.2. The van der Waals surface area contributed by atoms with Gasteiger partial charge in [0.2, 0.25) is 0 Å². The van der Waals surface area contributed by atoms with Crippen LogP contribution in [0.15, 0.2) is 29.2 Å². The van der Waals surface area contributed by atoms with Crippen molar-refractivity contribution < 1.29 is 13.2 Å². The van der Waals surface area contributed by atoms with Crippen LogP contribution in [-0.2, 0) is 6.18 Å². The predicted octanol–water partition coefficient (Wildman–Crippen LogP) is 3.02. The van der Waals surface area contributed by atoms with Gasteiger partial charge in [0.1, 0.15) is 0 Å². The number of rotatable bonds is 3. The minimum absolute atomic E-state index is 0.566. The molecule has 1 fully saturated rings. The molecule has 1 aromatic rings. The normalized spacial score (nSPS) is 17.2. The van der Waals surface area contributed by atoms with Gasteiger partial charge in [-0.15, -0.1) is 11.8 Å². The maximum atomic E-state index is 12.4. The molecule has 0 atom stereocenters. The van der Waals surface area contributed by atoms with Crippen LogP contribution in [-0.4, -0.2) is 18.8 Å². The van der Waals surface area contributed by atoms with Crippen molar-refractivity contribution >= 4 is 11.8 Å². The standard InChI is InChI=1S/C11H12F3NS/c12-11(13,14)9-2-1-3-10(4-9)16-7-8-5-15-6-8/h1-4,8,15H,5-7H2. The molecule has 0 amide bonds. The average Bonchev–Trinajstić information content (AvgIpc) is 2.14. The third kappa shape index (κ3) is 2.92. The SMILES string of the molecule is FC(F)(F)c1cccc(SCC2CNC2)c1. The van der Waals surface area contributed by atoms with E-state index in [4.69, 9.17) is 0 Å². The maximum absolute atomic E-state index is 12.4. The second-order valence-electron chi connectivity index (χ2n) is 3.86. The predicted molar refractivity (Wildman–Crippen MR) is 58.5 cm³/mol. The highest BCUT2D eigenvalue weighted by Crippen LogP contribution is 2.32. The Bertz CT molecular complexity index is 360. The fourth-order valence-corrected chi connectivity index (χ4v) is 2.49. The number of nitrogens with one attached hydrogen (secondary N) is 1. The summed E-state index contributed by atoms with van der Waals surface area (Å²) in [6, 6.07) is 5.52. The second-order valence-corrected chi connectivity index (χ2v) is 4.95. The van der Waals surface area contributed by atoms with Crippen molar-refractivity contribution in [3.63, 3.8) is 0 Å². The van der Waals surface area contributed by atoms with E-state index in [-0.39, 0.29) is 0 Å². The third-order valence-corrected chi connectivity index (χ3v) is 3.74.